The van der Waals surface area contributed by atoms with E-state index in [2.05, 4.69) is 30.7 Å². The summed E-state index contributed by atoms with van der Waals surface area (Å²) in [6.07, 6.45) is 2.78. The Bertz CT molecular complexity index is 1030. The molecule has 3 saturated heterocycles. The number of ether oxygens (including phenoxy) is 4. The van der Waals surface area contributed by atoms with E-state index in [9.17, 15) is 14.7 Å². The highest BCUT2D eigenvalue weighted by Gasteiger charge is 2.53. The molecule has 3 fully saturated rings. The molecule has 0 saturated carbocycles. The summed E-state index contributed by atoms with van der Waals surface area (Å²) in [5.74, 6) is -0.888. The molecule has 0 unspecified atom stereocenters. The first-order chi connectivity index (χ1) is 21.8. The second-order valence-corrected chi connectivity index (χ2v) is 16.7. The van der Waals surface area contributed by atoms with Gasteiger partial charge >= 0.3 is 5.97 Å². The third-order valence-electron chi connectivity index (χ3n) is 11.5. The van der Waals surface area contributed by atoms with E-state index in [1.54, 1.807) is 27.9 Å². The van der Waals surface area contributed by atoms with Gasteiger partial charge in [-0.1, -0.05) is 20.8 Å². The summed E-state index contributed by atoms with van der Waals surface area (Å²) < 4.78 is 25.5. The number of aliphatic hydroxyl groups excluding tert-OH is 1. The Morgan fingerprint density at radius 3 is 2.21 bits per heavy atom. The van der Waals surface area contributed by atoms with E-state index in [4.69, 9.17) is 18.9 Å². The predicted octanol–water partition coefficient (Wildman–Crippen LogP) is 4.61. The molecule has 3 heterocycles. The summed E-state index contributed by atoms with van der Waals surface area (Å²) in [7, 11) is 7.66. The molecule has 274 valence electrons. The number of esters is 1. The number of cyclic esters (lactones) is 1. The molecule has 10 nitrogen and oxygen atoms in total. The monoisotopic (exact) mass is 668 g/mol. The average Bonchev–Trinajstić information content (AvgIpc) is 2.99. The summed E-state index contributed by atoms with van der Waals surface area (Å²) in [5.41, 5.74) is -3.18. The number of ketones is 1. The van der Waals surface area contributed by atoms with Crippen LogP contribution in [-0.2, 0) is 28.5 Å². The highest BCUT2D eigenvalue weighted by Crippen LogP contribution is 2.40. The average molecular weight is 668 g/mol. The van der Waals surface area contributed by atoms with E-state index >= 15 is 0 Å². The van der Waals surface area contributed by atoms with Crippen molar-refractivity contribution in [3.05, 3.63) is 0 Å². The SMILES string of the molecule is CCCN1CCC(C[C@H]2N(C)C[C@H](C)C[C@@](C)(OC)[C@H](O[C@@H]3O[C@H](C)C[C@H](N(C)C)[C@H]3O)[C@@H](C)C(=O)C(C)(C)C(=O)OC2(C)C)CC1. The lowest BCUT2D eigenvalue weighted by Crippen LogP contribution is -2.59. The van der Waals surface area contributed by atoms with E-state index in [1.165, 1.54) is 6.42 Å². The van der Waals surface area contributed by atoms with E-state index in [0.29, 0.717) is 18.8 Å². The normalized spacial score (nSPS) is 38.8. The number of carbonyl (C=O) groups is 2. The van der Waals surface area contributed by atoms with Crippen molar-refractivity contribution in [1.82, 2.24) is 14.7 Å². The maximum absolute atomic E-state index is 14.4. The van der Waals surface area contributed by atoms with Crippen LogP contribution in [0.25, 0.3) is 0 Å². The highest BCUT2D eigenvalue weighted by molar-refractivity contribution is 6.04. The van der Waals surface area contributed by atoms with E-state index in [-0.39, 0.29) is 29.9 Å². The van der Waals surface area contributed by atoms with Gasteiger partial charge in [-0.2, -0.15) is 0 Å². The van der Waals surface area contributed by atoms with Gasteiger partial charge in [-0.25, -0.2) is 0 Å². The van der Waals surface area contributed by atoms with Crippen molar-refractivity contribution in [2.75, 3.05) is 54.4 Å². The molecule has 0 bridgehead atoms. The third-order valence-corrected chi connectivity index (χ3v) is 11.5. The molecule has 3 rings (SSSR count). The standard InChI is InChI=1S/C37H69N3O7/c1-14-17-40-18-15-27(16-19-40)21-29-36(7,8)47-34(43)35(5,6)31(42)26(4)32(37(9,44-13)22-24(2)23-39(29)12)46-33-30(41)28(38(10)11)20-25(3)45-33/h24-30,32-33,41H,14-23H2,1-13H3/t24-,25-,26+,28+,29-,30-,32-,33+,37-/m1/s1. The minimum atomic E-state index is -1.44. The number of hydrogen-bond donors (Lipinski definition) is 1. The molecule has 0 aliphatic carbocycles. The minimum Gasteiger partial charge on any atom is -0.457 e. The van der Waals surface area contributed by atoms with Gasteiger partial charge in [0.25, 0.3) is 0 Å². The lowest BCUT2D eigenvalue weighted by atomic mass is 9.74. The Morgan fingerprint density at radius 1 is 1.04 bits per heavy atom. The van der Waals surface area contributed by atoms with Crippen LogP contribution in [0.5, 0.6) is 0 Å². The highest BCUT2D eigenvalue weighted by atomic mass is 16.7. The van der Waals surface area contributed by atoms with Crippen molar-refractivity contribution in [1.29, 1.82) is 0 Å². The fraction of sp³-hybridized carbons (Fsp3) is 0.946. The molecule has 0 radical (unpaired) electrons. The zero-order valence-corrected chi connectivity index (χ0v) is 32.0. The molecule has 10 heteroatoms. The number of Topliss-reactive ketones (excluding diaryl/α,β-unsaturated/α-hetero) is 1. The molecule has 3 aliphatic rings. The van der Waals surface area contributed by atoms with Crippen LogP contribution in [-0.4, -0.2) is 134 Å². The number of aliphatic hydroxyl groups is 1. The molecule has 1 N–H and O–H groups in total. The zero-order valence-electron chi connectivity index (χ0n) is 32.0. The van der Waals surface area contributed by atoms with E-state index < -0.39 is 47.0 Å². The minimum absolute atomic E-state index is 0.0307. The Kier molecular flexibility index (Phi) is 13.9. The molecular weight excluding hydrogens is 598 g/mol. The van der Waals surface area contributed by atoms with Crippen molar-refractivity contribution in [3.8, 4) is 0 Å². The van der Waals surface area contributed by atoms with Crippen LogP contribution in [0, 0.1) is 23.2 Å². The Labute approximate surface area is 286 Å². The molecule has 0 aromatic heterocycles. The fourth-order valence-electron chi connectivity index (χ4n) is 8.59. The smallest absolute Gasteiger partial charge is 0.319 e. The topological polar surface area (TPSA) is 101 Å². The Morgan fingerprint density at radius 2 is 1.66 bits per heavy atom. The first-order valence-electron chi connectivity index (χ1n) is 18.2. The maximum Gasteiger partial charge on any atom is 0.319 e. The van der Waals surface area contributed by atoms with Gasteiger partial charge in [-0.3, -0.25) is 14.5 Å². The molecular formula is C37H69N3O7. The molecule has 9 atom stereocenters. The molecule has 0 aromatic carbocycles. The fourth-order valence-corrected chi connectivity index (χ4v) is 8.59. The summed E-state index contributed by atoms with van der Waals surface area (Å²) >= 11 is 0. The van der Waals surface area contributed by atoms with Crippen molar-refractivity contribution in [2.24, 2.45) is 23.2 Å². The van der Waals surface area contributed by atoms with Crippen LogP contribution in [0.15, 0.2) is 0 Å². The second-order valence-electron chi connectivity index (χ2n) is 16.7. The number of hydrogen-bond acceptors (Lipinski definition) is 10. The quantitative estimate of drug-likeness (QED) is 0.292. The van der Waals surface area contributed by atoms with Crippen LogP contribution in [0.2, 0.25) is 0 Å². The number of methoxy groups -OCH3 is 1. The van der Waals surface area contributed by atoms with Crippen LogP contribution in [0.3, 0.4) is 0 Å². The lowest BCUT2D eigenvalue weighted by Gasteiger charge is -2.47. The van der Waals surface area contributed by atoms with Gasteiger partial charge < -0.3 is 33.9 Å². The van der Waals surface area contributed by atoms with Gasteiger partial charge in [0.1, 0.15) is 17.1 Å². The van der Waals surface area contributed by atoms with Gasteiger partial charge in [0.05, 0.1) is 17.8 Å². The molecule has 47 heavy (non-hydrogen) atoms. The lowest BCUT2D eigenvalue weighted by molar-refractivity contribution is -0.295. The number of piperidine rings is 1. The summed E-state index contributed by atoms with van der Waals surface area (Å²) in [5, 5.41) is 11.4. The van der Waals surface area contributed by atoms with E-state index in [1.807, 2.05) is 46.7 Å². The van der Waals surface area contributed by atoms with Gasteiger partial charge in [0, 0.05) is 31.7 Å². The Balaban J connectivity index is 1.99. The zero-order chi connectivity index (χ0) is 35.5. The number of nitrogens with zero attached hydrogens (tertiary/aromatic N) is 3. The van der Waals surface area contributed by atoms with Gasteiger partial charge in [0.15, 0.2) is 12.1 Å². The van der Waals surface area contributed by atoms with Gasteiger partial charge in [0.2, 0.25) is 0 Å². The van der Waals surface area contributed by atoms with Gasteiger partial charge in [-0.15, -0.1) is 0 Å². The summed E-state index contributed by atoms with van der Waals surface area (Å²) in [4.78, 5) is 35.4. The first kappa shape index (κ1) is 40.3. The summed E-state index contributed by atoms with van der Waals surface area (Å²) in [6.45, 7) is 21.6. The largest absolute Gasteiger partial charge is 0.457 e. The number of likely N-dealkylation sites (N-methyl/N-ethyl adjacent to an activating group) is 2. The van der Waals surface area contributed by atoms with Crippen LogP contribution < -0.4 is 0 Å². The van der Waals surface area contributed by atoms with Crippen LogP contribution in [0.4, 0.5) is 0 Å². The first-order valence-corrected chi connectivity index (χ1v) is 18.2. The van der Waals surface area contributed by atoms with E-state index in [0.717, 1.165) is 45.4 Å². The number of likely N-dealkylation sites (tertiary alicyclic amines) is 1. The molecule has 3 aliphatic heterocycles. The third kappa shape index (κ3) is 9.56. The Hall–Kier alpha value is -1.14. The second kappa shape index (κ2) is 16.3. The molecule has 0 amide bonds. The number of rotatable bonds is 8. The van der Waals surface area contributed by atoms with Crippen LogP contribution >= 0.6 is 0 Å². The van der Waals surface area contributed by atoms with Crippen molar-refractivity contribution >= 4 is 11.8 Å². The molecule has 0 spiro atoms. The molecule has 0 aromatic rings. The van der Waals surface area contributed by atoms with Crippen LogP contribution in [0.1, 0.15) is 101 Å². The van der Waals surface area contributed by atoms with Crippen molar-refractivity contribution in [2.45, 2.75) is 149 Å². The summed E-state index contributed by atoms with van der Waals surface area (Å²) in [6, 6.07) is -0.202. The van der Waals surface area contributed by atoms with Gasteiger partial charge in [-0.05, 0) is 133 Å². The number of carbonyl (C=O) groups excluding carboxylic acids is 2. The predicted molar refractivity (Wildman–Crippen MR) is 185 cm³/mol. The van der Waals surface area contributed by atoms with Crippen molar-refractivity contribution in [3.63, 3.8) is 0 Å². The maximum atomic E-state index is 14.4. The van der Waals surface area contributed by atoms with Crippen molar-refractivity contribution < 1.29 is 33.6 Å².